The fourth-order valence-electron chi connectivity index (χ4n) is 11.6. The van der Waals surface area contributed by atoms with E-state index in [-0.39, 0.29) is 10.8 Å². The van der Waals surface area contributed by atoms with Gasteiger partial charge in [0.2, 0.25) is 0 Å². The summed E-state index contributed by atoms with van der Waals surface area (Å²) in [6.45, 7) is 9.60. The van der Waals surface area contributed by atoms with Gasteiger partial charge in [0.1, 0.15) is 11.2 Å². The number of hydrogen-bond acceptors (Lipinski definition) is 1. The molecule has 288 valence electrons. The number of rotatable bonds is 3. The summed E-state index contributed by atoms with van der Waals surface area (Å²) in [6, 6.07) is 67.8. The van der Waals surface area contributed by atoms with Gasteiger partial charge in [-0.15, -0.1) is 0 Å². The Hall–Kier alpha value is -7.22. The van der Waals surface area contributed by atoms with Crippen molar-refractivity contribution in [3.05, 3.63) is 204 Å². The van der Waals surface area contributed by atoms with E-state index in [2.05, 4.69) is 210 Å². The van der Waals surface area contributed by atoms with Gasteiger partial charge in [-0.2, -0.15) is 0 Å². The Morgan fingerprint density at radius 1 is 0.344 bits per heavy atom. The Kier molecular flexibility index (Phi) is 6.91. The summed E-state index contributed by atoms with van der Waals surface area (Å²) < 4.78 is 6.97. The van der Waals surface area contributed by atoms with Crippen LogP contribution >= 0.6 is 0 Å². The van der Waals surface area contributed by atoms with Crippen LogP contribution in [0.5, 0.6) is 0 Å². The molecule has 1 heteroatoms. The minimum atomic E-state index is -0.206. The molecule has 0 unspecified atom stereocenters. The lowest BCUT2D eigenvalue weighted by molar-refractivity contribution is 0.658. The van der Waals surface area contributed by atoms with Gasteiger partial charge in [0.25, 0.3) is 0 Å². The first-order chi connectivity index (χ1) is 29.8. The first-order valence-corrected chi connectivity index (χ1v) is 21.6. The molecule has 13 rings (SSSR count). The van der Waals surface area contributed by atoms with Crippen LogP contribution in [-0.4, -0.2) is 0 Å². The van der Waals surface area contributed by atoms with Gasteiger partial charge in [0, 0.05) is 27.0 Å². The van der Waals surface area contributed by atoms with Crippen LogP contribution in [0.1, 0.15) is 49.9 Å². The Labute approximate surface area is 355 Å². The zero-order chi connectivity index (χ0) is 40.8. The van der Waals surface area contributed by atoms with Crippen molar-refractivity contribution in [3.63, 3.8) is 0 Å². The van der Waals surface area contributed by atoms with Gasteiger partial charge in [-0.1, -0.05) is 185 Å². The molecule has 11 aromatic rings. The van der Waals surface area contributed by atoms with E-state index in [0.717, 1.165) is 16.6 Å². The number of furan rings is 1. The standard InChI is InChI=1S/C60H42O/c1-59(2)50-31-28-37(47-34-52-55(46-30-26-35-16-8-9-19-39(35)58(46)61-52)56-45-24-14-15-25-49(45)60(3,4)57(47)56)32-48(50)40-29-27-38(33-51(40)59)54-43-22-12-10-20-41(43)53(36-17-6-5-7-18-36)42-21-11-13-23-44(42)54/h5-34H,1-4H3. The van der Waals surface area contributed by atoms with Crippen LogP contribution in [0, 0.1) is 0 Å². The maximum atomic E-state index is 6.97. The summed E-state index contributed by atoms with van der Waals surface area (Å²) in [6.07, 6.45) is 0. The summed E-state index contributed by atoms with van der Waals surface area (Å²) in [7, 11) is 0. The van der Waals surface area contributed by atoms with Crippen LogP contribution in [0.4, 0.5) is 0 Å². The van der Waals surface area contributed by atoms with Crippen LogP contribution in [0.3, 0.4) is 0 Å². The lowest BCUT2D eigenvalue weighted by Crippen LogP contribution is -2.16. The molecule has 0 aliphatic heterocycles. The average Bonchev–Trinajstić information content (AvgIpc) is 3.87. The Bertz CT molecular complexity index is 3630. The average molecular weight is 779 g/mol. The molecule has 0 saturated carbocycles. The molecule has 0 amide bonds. The predicted octanol–water partition coefficient (Wildman–Crippen LogP) is 16.7. The molecule has 0 bridgehead atoms. The molecule has 0 atom stereocenters. The summed E-state index contributed by atoms with van der Waals surface area (Å²) in [5.74, 6) is 0. The molecule has 2 aliphatic carbocycles. The fourth-order valence-corrected chi connectivity index (χ4v) is 11.6. The molecule has 1 heterocycles. The van der Waals surface area contributed by atoms with Crippen LogP contribution in [0.15, 0.2) is 186 Å². The molecule has 0 fully saturated rings. The molecular weight excluding hydrogens is 737 g/mol. The highest BCUT2D eigenvalue weighted by atomic mass is 16.3. The quantitative estimate of drug-likeness (QED) is 0.163. The molecule has 2 aliphatic rings. The molecule has 10 aromatic carbocycles. The number of fused-ring (bicyclic) bond motifs is 14. The van der Waals surface area contributed by atoms with Crippen molar-refractivity contribution in [3.8, 4) is 55.6 Å². The third-order valence-corrected chi connectivity index (χ3v) is 14.4. The van der Waals surface area contributed by atoms with E-state index < -0.39 is 0 Å². The van der Waals surface area contributed by atoms with Gasteiger partial charge in [-0.05, 0) is 129 Å². The predicted molar refractivity (Wildman–Crippen MR) is 258 cm³/mol. The van der Waals surface area contributed by atoms with Crippen molar-refractivity contribution in [1.82, 2.24) is 0 Å². The van der Waals surface area contributed by atoms with Crippen molar-refractivity contribution in [2.45, 2.75) is 38.5 Å². The minimum absolute atomic E-state index is 0.185. The van der Waals surface area contributed by atoms with E-state index in [0.29, 0.717) is 0 Å². The lowest BCUT2D eigenvalue weighted by Gasteiger charge is -2.25. The Morgan fingerprint density at radius 3 is 1.69 bits per heavy atom. The van der Waals surface area contributed by atoms with Crippen LogP contribution in [0.2, 0.25) is 0 Å². The zero-order valence-corrected chi connectivity index (χ0v) is 34.7. The first kappa shape index (κ1) is 34.6. The molecule has 1 aromatic heterocycles. The second-order valence-corrected chi connectivity index (χ2v) is 18.3. The maximum absolute atomic E-state index is 6.97. The van der Waals surface area contributed by atoms with E-state index in [4.69, 9.17) is 4.42 Å². The van der Waals surface area contributed by atoms with Crippen molar-refractivity contribution in [2.75, 3.05) is 0 Å². The topological polar surface area (TPSA) is 13.1 Å². The van der Waals surface area contributed by atoms with Gasteiger partial charge in [0.05, 0.1) is 0 Å². The zero-order valence-electron chi connectivity index (χ0n) is 34.7. The van der Waals surface area contributed by atoms with Crippen molar-refractivity contribution >= 4 is 54.3 Å². The van der Waals surface area contributed by atoms with Gasteiger partial charge < -0.3 is 4.42 Å². The van der Waals surface area contributed by atoms with Gasteiger partial charge in [-0.3, -0.25) is 0 Å². The monoisotopic (exact) mass is 778 g/mol. The summed E-state index contributed by atoms with van der Waals surface area (Å²) >= 11 is 0. The summed E-state index contributed by atoms with van der Waals surface area (Å²) in [4.78, 5) is 0. The SMILES string of the molecule is CC1(C)c2ccc(-c3cc4oc5c6ccccc6ccc5c4c4c3C(C)(C)c3ccccc3-4)cc2-c2ccc(-c3c4ccccc4c(-c4ccccc4)c4ccccc34)cc21. The van der Waals surface area contributed by atoms with Crippen LogP contribution in [0.25, 0.3) is 110 Å². The molecule has 0 radical (unpaired) electrons. The normalized spacial score (nSPS) is 14.5. The van der Waals surface area contributed by atoms with Gasteiger partial charge in [0.15, 0.2) is 0 Å². The number of hydrogen-bond donors (Lipinski definition) is 0. The van der Waals surface area contributed by atoms with E-state index in [1.54, 1.807) is 0 Å². The lowest BCUT2D eigenvalue weighted by atomic mass is 9.77. The molecule has 0 saturated heterocycles. The van der Waals surface area contributed by atoms with Crippen molar-refractivity contribution in [1.29, 1.82) is 0 Å². The smallest absolute Gasteiger partial charge is 0.143 e. The highest BCUT2D eigenvalue weighted by Gasteiger charge is 2.41. The Balaban J connectivity index is 1.03. The second-order valence-electron chi connectivity index (χ2n) is 18.3. The molecular formula is C60H42O. The first-order valence-electron chi connectivity index (χ1n) is 21.6. The van der Waals surface area contributed by atoms with Gasteiger partial charge in [-0.25, -0.2) is 0 Å². The second kappa shape index (κ2) is 12.2. The molecule has 0 spiro atoms. The van der Waals surface area contributed by atoms with Crippen molar-refractivity contribution in [2.24, 2.45) is 0 Å². The Morgan fingerprint density at radius 2 is 0.951 bits per heavy atom. The van der Waals surface area contributed by atoms with Crippen LogP contribution in [-0.2, 0) is 10.8 Å². The number of benzene rings is 10. The molecule has 0 N–H and O–H groups in total. The maximum Gasteiger partial charge on any atom is 0.143 e. The molecule has 61 heavy (non-hydrogen) atoms. The van der Waals surface area contributed by atoms with Gasteiger partial charge >= 0.3 is 0 Å². The third kappa shape index (κ3) is 4.61. The van der Waals surface area contributed by atoms with E-state index >= 15 is 0 Å². The van der Waals surface area contributed by atoms with Crippen LogP contribution < -0.4 is 0 Å². The summed E-state index contributed by atoms with van der Waals surface area (Å²) in [5, 5.41) is 9.86. The minimum Gasteiger partial charge on any atom is -0.455 e. The highest BCUT2D eigenvalue weighted by molar-refractivity contribution is 6.23. The van der Waals surface area contributed by atoms with E-state index in [1.807, 2.05) is 0 Å². The third-order valence-electron chi connectivity index (χ3n) is 14.4. The van der Waals surface area contributed by atoms with E-state index in [9.17, 15) is 0 Å². The fraction of sp³-hybridized carbons (Fsp3) is 0.100. The van der Waals surface area contributed by atoms with Crippen molar-refractivity contribution < 1.29 is 4.42 Å². The molecule has 1 nitrogen and oxygen atoms in total. The highest BCUT2D eigenvalue weighted by Crippen LogP contribution is 2.58. The largest absolute Gasteiger partial charge is 0.455 e. The van der Waals surface area contributed by atoms with E-state index in [1.165, 1.54) is 116 Å². The summed E-state index contributed by atoms with van der Waals surface area (Å²) in [5.41, 5.74) is 19.8.